The molecule has 0 spiro atoms. The lowest BCUT2D eigenvalue weighted by Crippen LogP contribution is -1.96. The molecule has 0 unspecified atom stereocenters. The number of carbonyl (C=O) groups is 1. The van der Waals surface area contributed by atoms with Gasteiger partial charge in [-0.05, 0) is 0 Å². The number of nitrogens with zero attached hydrogens (tertiary/aromatic N) is 1. The molecular formula is C10H6F3NO2S. The highest BCUT2D eigenvalue weighted by atomic mass is 32.1. The van der Waals surface area contributed by atoms with E-state index in [0.717, 1.165) is 11.3 Å². The number of halogens is 3. The third-order valence-electron chi connectivity index (χ3n) is 2.11. The molecule has 90 valence electrons. The van der Waals surface area contributed by atoms with Gasteiger partial charge >= 0.3 is 5.97 Å². The molecule has 0 saturated carbocycles. The van der Waals surface area contributed by atoms with Gasteiger partial charge in [0.05, 0.1) is 16.1 Å². The van der Waals surface area contributed by atoms with Crippen LogP contribution in [0.4, 0.5) is 13.2 Å². The lowest BCUT2D eigenvalue weighted by molar-refractivity contribution is -0.136. The molecule has 0 aliphatic heterocycles. The van der Waals surface area contributed by atoms with Crippen LogP contribution in [-0.2, 0) is 11.2 Å². The Hall–Kier alpha value is -1.63. The first-order valence-electron chi connectivity index (χ1n) is 4.63. The third kappa shape index (κ3) is 2.23. The number of benzene rings is 1. The van der Waals surface area contributed by atoms with Gasteiger partial charge in [-0.3, -0.25) is 4.79 Å². The van der Waals surface area contributed by atoms with E-state index in [9.17, 15) is 18.0 Å². The minimum absolute atomic E-state index is 0.0647. The maximum atomic E-state index is 13.3. The van der Waals surface area contributed by atoms with Crippen LogP contribution < -0.4 is 0 Å². The average Bonchev–Trinajstić information content (AvgIpc) is 2.68. The Kier molecular flexibility index (Phi) is 3.01. The van der Waals surface area contributed by atoms with Crippen molar-refractivity contribution in [1.29, 1.82) is 0 Å². The second-order valence-corrected chi connectivity index (χ2v) is 4.42. The smallest absolute Gasteiger partial charge is 0.303 e. The number of aryl methyl sites for hydroxylation is 1. The van der Waals surface area contributed by atoms with Gasteiger partial charge in [0.15, 0.2) is 11.6 Å². The lowest BCUT2D eigenvalue weighted by atomic mass is 10.3. The Morgan fingerprint density at radius 3 is 2.71 bits per heavy atom. The van der Waals surface area contributed by atoms with Crippen molar-refractivity contribution in [3.8, 4) is 0 Å². The molecule has 2 rings (SSSR count). The summed E-state index contributed by atoms with van der Waals surface area (Å²) < 4.78 is 39.4. The molecule has 0 fully saturated rings. The summed E-state index contributed by atoms with van der Waals surface area (Å²) in [5.41, 5.74) is -0.382. The largest absolute Gasteiger partial charge is 0.481 e. The third-order valence-corrected chi connectivity index (χ3v) is 3.24. The molecule has 1 aromatic heterocycles. The van der Waals surface area contributed by atoms with Gasteiger partial charge in [-0.2, -0.15) is 0 Å². The number of fused-ring (bicyclic) bond motifs is 1. The Labute approximate surface area is 97.5 Å². The highest BCUT2D eigenvalue weighted by Crippen LogP contribution is 2.29. The predicted molar refractivity (Wildman–Crippen MR) is 55.5 cm³/mol. The van der Waals surface area contributed by atoms with E-state index in [-0.39, 0.29) is 28.1 Å². The van der Waals surface area contributed by atoms with Crippen LogP contribution >= 0.6 is 11.3 Å². The monoisotopic (exact) mass is 261 g/mol. The van der Waals surface area contributed by atoms with E-state index in [0.29, 0.717) is 6.07 Å². The number of aliphatic carboxylic acids is 1. The zero-order chi connectivity index (χ0) is 12.6. The van der Waals surface area contributed by atoms with E-state index < -0.39 is 23.4 Å². The molecule has 0 aliphatic rings. The van der Waals surface area contributed by atoms with E-state index in [4.69, 9.17) is 5.11 Å². The van der Waals surface area contributed by atoms with Gasteiger partial charge in [-0.25, -0.2) is 18.2 Å². The number of hydrogen-bond acceptors (Lipinski definition) is 3. The van der Waals surface area contributed by atoms with Gasteiger partial charge in [0.1, 0.15) is 11.3 Å². The van der Waals surface area contributed by atoms with Crippen LogP contribution in [0.1, 0.15) is 11.4 Å². The van der Waals surface area contributed by atoms with Gasteiger partial charge in [-0.1, -0.05) is 0 Å². The highest BCUT2D eigenvalue weighted by Gasteiger charge is 2.17. The second-order valence-electron chi connectivity index (χ2n) is 3.33. The Morgan fingerprint density at radius 2 is 2.06 bits per heavy atom. The van der Waals surface area contributed by atoms with Crippen LogP contribution in [0.2, 0.25) is 0 Å². The predicted octanol–water partition coefficient (Wildman–Crippen LogP) is 2.73. The number of hydrogen-bond donors (Lipinski definition) is 1. The molecule has 0 saturated heterocycles. The van der Waals surface area contributed by atoms with Crippen LogP contribution in [0.15, 0.2) is 6.07 Å². The summed E-state index contributed by atoms with van der Waals surface area (Å²) in [5.74, 6) is -4.43. The summed E-state index contributed by atoms with van der Waals surface area (Å²) in [5, 5.41) is 8.74. The van der Waals surface area contributed by atoms with Crippen LogP contribution in [0.25, 0.3) is 10.2 Å². The number of carboxylic acids is 1. The summed E-state index contributed by atoms with van der Waals surface area (Å²) >= 11 is 0.833. The SMILES string of the molecule is O=C(O)CCc1nc2c(F)c(F)cc(F)c2s1. The molecule has 0 bridgehead atoms. The highest BCUT2D eigenvalue weighted by molar-refractivity contribution is 7.18. The van der Waals surface area contributed by atoms with Crippen LogP contribution in [0.3, 0.4) is 0 Å². The van der Waals surface area contributed by atoms with E-state index in [1.807, 2.05) is 0 Å². The summed E-state index contributed by atoms with van der Waals surface area (Å²) in [4.78, 5) is 14.1. The van der Waals surface area contributed by atoms with E-state index in [1.54, 1.807) is 0 Å². The molecule has 1 heterocycles. The number of carboxylic acid groups (broad SMARTS) is 1. The molecule has 2 aromatic rings. The van der Waals surface area contributed by atoms with Crippen molar-refractivity contribution >= 4 is 27.5 Å². The van der Waals surface area contributed by atoms with Crippen molar-refractivity contribution in [2.24, 2.45) is 0 Å². The maximum Gasteiger partial charge on any atom is 0.303 e. The fourth-order valence-electron chi connectivity index (χ4n) is 1.35. The Morgan fingerprint density at radius 1 is 1.35 bits per heavy atom. The van der Waals surface area contributed by atoms with Crippen LogP contribution in [0, 0.1) is 17.5 Å². The molecule has 0 amide bonds. The first-order chi connectivity index (χ1) is 7.99. The van der Waals surface area contributed by atoms with Gasteiger partial charge in [0.2, 0.25) is 0 Å². The molecular weight excluding hydrogens is 255 g/mol. The molecule has 0 aliphatic carbocycles. The average molecular weight is 261 g/mol. The summed E-state index contributed by atoms with van der Waals surface area (Å²) in [6, 6.07) is 0.455. The standard InChI is InChI=1S/C10H6F3NO2S/c11-4-3-5(12)10-9(8(4)13)14-6(17-10)1-2-7(15)16/h3H,1-2H2,(H,15,16). The zero-order valence-corrected chi connectivity index (χ0v) is 9.15. The molecule has 0 atom stereocenters. The van der Waals surface area contributed by atoms with E-state index in [1.165, 1.54) is 0 Å². The topological polar surface area (TPSA) is 50.2 Å². The minimum Gasteiger partial charge on any atom is -0.481 e. The number of rotatable bonds is 3. The Bertz CT molecular complexity index is 597. The van der Waals surface area contributed by atoms with Crippen molar-refractivity contribution in [2.75, 3.05) is 0 Å². The molecule has 7 heteroatoms. The van der Waals surface area contributed by atoms with Gasteiger partial charge in [-0.15, -0.1) is 11.3 Å². The van der Waals surface area contributed by atoms with E-state index in [2.05, 4.69) is 4.98 Å². The lowest BCUT2D eigenvalue weighted by Gasteiger charge is -1.94. The summed E-state index contributed by atoms with van der Waals surface area (Å²) in [6.45, 7) is 0. The summed E-state index contributed by atoms with van der Waals surface area (Å²) in [7, 11) is 0. The molecule has 17 heavy (non-hydrogen) atoms. The van der Waals surface area contributed by atoms with Crippen LogP contribution in [0.5, 0.6) is 0 Å². The van der Waals surface area contributed by atoms with Gasteiger partial charge in [0, 0.05) is 12.5 Å². The van der Waals surface area contributed by atoms with Crippen molar-refractivity contribution in [3.63, 3.8) is 0 Å². The second kappa shape index (κ2) is 4.33. The van der Waals surface area contributed by atoms with Gasteiger partial charge in [0.25, 0.3) is 0 Å². The molecule has 3 nitrogen and oxygen atoms in total. The molecule has 1 N–H and O–H groups in total. The first kappa shape index (κ1) is 11.8. The zero-order valence-electron chi connectivity index (χ0n) is 8.34. The normalized spacial score (nSPS) is 11.0. The van der Waals surface area contributed by atoms with Gasteiger partial charge < -0.3 is 5.11 Å². The van der Waals surface area contributed by atoms with Crippen LogP contribution in [-0.4, -0.2) is 16.1 Å². The van der Waals surface area contributed by atoms with Crippen molar-refractivity contribution in [3.05, 3.63) is 28.5 Å². The molecule has 0 radical (unpaired) electrons. The molecule has 1 aromatic carbocycles. The number of aromatic nitrogens is 1. The van der Waals surface area contributed by atoms with Crippen molar-refractivity contribution < 1.29 is 23.1 Å². The Balaban J connectivity index is 2.46. The fourth-order valence-corrected chi connectivity index (χ4v) is 2.31. The fraction of sp³-hybridized carbons (Fsp3) is 0.200. The first-order valence-corrected chi connectivity index (χ1v) is 5.45. The van der Waals surface area contributed by atoms with E-state index >= 15 is 0 Å². The quantitative estimate of drug-likeness (QED) is 0.864. The van der Waals surface area contributed by atoms with Crippen molar-refractivity contribution in [1.82, 2.24) is 4.98 Å². The number of thiazole rings is 1. The minimum atomic E-state index is -1.30. The maximum absolute atomic E-state index is 13.3. The van der Waals surface area contributed by atoms with Crippen molar-refractivity contribution in [2.45, 2.75) is 12.8 Å². The summed E-state index contributed by atoms with van der Waals surface area (Å²) in [6.07, 6.45) is -0.124.